The molecule has 17 heavy (non-hydrogen) atoms. The SMILES string of the molecule is CSC(C)(C)CNC(=O)CC1CNCCO1.Cl. The summed E-state index contributed by atoms with van der Waals surface area (Å²) in [6.07, 6.45) is 2.55. The number of thioether (sulfide) groups is 1. The maximum absolute atomic E-state index is 11.6. The molecule has 1 atom stereocenters. The monoisotopic (exact) mass is 282 g/mol. The van der Waals surface area contributed by atoms with E-state index >= 15 is 0 Å². The summed E-state index contributed by atoms with van der Waals surface area (Å²) < 4.78 is 5.58. The van der Waals surface area contributed by atoms with Crippen LogP contribution in [-0.2, 0) is 9.53 Å². The Kier molecular flexibility index (Phi) is 8.20. The molecule has 0 bridgehead atoms. The van der Waals surface area contributed by atoms with Crippen molar-refractivity contribution < 1.29 is 9.53 Å². The first-order valence-corrected chi connectivity index (χ1v) is 6.90. The van der Waals surface area contributed by atoms with Crippen LogP contribution in [0.2, 0.25) is 0 Å². The highest BCUT2D eigenvalue weighted by molar-refractivity contribution is 7.99. The van der Waals surface area contributed by atoms with Gasteiger partial charge >= 0.3 is 0 Å². The summed E-state index contributed by atoms with van der Waals surface area (Å²) in [6.45, 7) is 7.31. The normalized spacial score (nSPS) is 20.5. The van der Waals surface area contributed by atoms with Gasteiger partial charge in [-0.15, -0.1) is 12.4 Å². The van der Waals surface area contributed by atoms with E-state index in [1.165, 1.54) is 0 Å². The Labute approximate surface area is 114 Å². The Morgan fingerprint density at radius 1 is 1.59 bits per heavy atom. The molecular formula is C11H23ClN2O2S. The molecule has 1 aliphatic heterocycles. The minimum absolute atomic E-state index is 0. The molecule has 0 spiro atoms. The van der Waals surface area contributed by atoms with Crippen LogP contribution in [0.1, 0.15) is 20.3 Å². The van der Waals surface area contributed by atoms with Crippen molar-refractivity contribution in [2.75, 3.05) is 32.5 Å². The van der Waals surface area contributed by atoms with Gasteiger partial charge in [-0.3, -0.25) is 4.79 Å². The van der Waals surface area contributed by atoms with E-state index in [1.807, 2.05) is 0 Å². The van der Waals surface area contributed by atoms with Crippen LogP contribution in [0.25, 0.3) is 0 Å². The first-order chi connectivity index (χ1) is 7.53. The van der Waals surface area contributed by atoms with Gasteiger partial charge in [-0.2, -0.15) is 11.8 Å². The van der Waals surface area contributed by atoms with Crippen LogP contribution in [0, 0.1) is 0 Å². The highest BCUT2D eigenvalue weighted by Gasteiger charge is 2.20. The average Bonchev–Trinajstić information content (AvgIpc) is 2.28. The first-order valence-electron chi connectivity index (χ1n) is 5.68. The zero-order valence-electron chi connectivity index (χ0n) is 10.7. The van der Waals surface area contributed by atoms with E-state index in [-0.39, 0.29) is 29.2 Å². The van der Waals surface area contributed by atoms with Crippen LogP contribution >= 0.6 is 24.2 Å². The standard InChI is InChI=1S/C11H22N2O2S.ClH/c1-11(2,16-3)8-13-10(14)6-9-7-12-4-5-15-9;/h9,12H,4-8H2,1-3H3,(H,13,14);1H. The van der Waals surface area contributed by atoms with Gasteiger partial charge in [0.2, 0.25) is 5.91 Å². The average molecular weight is 283 g/mol. The molecule has 0 radical (unpaired) electrons. The number of rotatable bonds is 5. The van der Waals surface area contributed by atoms with Crippen molar-refractivity contribution in [1.82, 2.24) is 10.6 Å². The maximum atomic E-state index is 11.6. The summed E-state index contributed by atoms with van der Waals surface area (Å²) >= 11 is 1.76. The lowest BCUT2D eigenvalue weighted by Gasteiger charge is -2.25. The third-order valence-corrected chi connectivity index (χ3v) is 3.93. The maximum Gasteiger partial charge on any atom is 0.222 e. The fourth-order valence-electron chi connectivity index (χ4n) is 1.41. The number of carbonyl (C=O) groups is 1. The predicted octanol–water partition coefficient (Wildman–Crippen LogP) is 1.04. The molecule has 0 aliphatic carbocycles. The lowest BCUT2D eigenvalue weighted by molar-refractivity contribution is -0.124. The van der Waals surface area contributed by atoms with Gasteiger partial charge in [0, 0.05) is 24.4 Å². The lowest BCUT2D eigenvalue weighted by Crippen LogP contribution is -2.43. The Morgan fingerprint density at radius 2 is 2.29 bits per heavy atom. The summed E-state index contributed by atoms with van der Waals surface area (Å²) in [5.41, 5.74) is 0. The molecule has 4 nitrogen and oxygen atoms in total. The van der Waals surface area contributed by atoms with Gasteiger partial charge < -0.3 is 15.4 Å². The number of ether oxygens (including phenoxy) is 1. The van der Waals surface area contributed by atoms with Crippen LogP contribution in [0.5, 0.6) is 0 Å². The third kappa shape index (κ3) is 7.13. The number of nitrogens with one attached hydrogen (secondary N) is 2. The van der Waals surface area contributed by atoms with E-state index in [9.17, 15) is 4.79 Å². The zero-order valence-corrected chi connectivity index (χ0v) is 12.4. The Balaban J connectivity index is 0.00000256. The molecular weight excluding hydrogens is 260 g/mol. The first kappa shape index (κ1) is 17.0. The van der Waals surface area contributed by atoms with Crippen LogP contribution in [0.3, 0.4) is 0 Å². The van der Waals surface area contributed by atoms with E-state index in [0.717, 1.165) is 13.1 Å². The van der Waals surface area contributed by atoms with Crippen LogP contribution in [0.15, 0.2) is 0 Å². The Morgan fingerprint density at radius 3 is 2.82 bits per heavy atom. The van der Waals surface area contributed by atoms with Crippen LogP contribution in [0.4, 0.5) is 0 Å². The van der Waals surface area contributed by atoms with Gasteiger partial charge in [0.05, 0.1) is 19.1 Å². The Hall–Kier alpha value is 0.0300. The Bertz CT molecular complexity index is 234. The second-order valence-corrected chi connectivity index (χ2v) is 6.16. The summed E-state index contributed by atoms with van der Waals surface area (Å²) in [6, 6.07) is 0. The zero-order chi connectivity index (χ0) is 12.0. The fourth-order valence-corrected chi connectivity index (χ4v) is 1.63. The summed E-state index contributed by atoms with van der Waals surface area (Å²) in [5, 5.41) is 6.17. The molecule has 1 fully saturated rings. The van der Waals surface area contributed by atoms with Crippen molar-refractivity contribution in [3.63, 3.8) is 0 Å². The molecule has 1 rings (SSSR count). The quantitative estimate of drug-likeness (QED) is 0.791. The number of hydrogen-bond acceptors (Lipinski definition) is 4. The third-order valence-electron chi connectivity index (χ3n) is 2.68. The fraction of sp³-hybridized carbons (Fsp3) is 0.909. The highest BCUT2D eigenvalue weighted by Crippen LogP contribution is 2.19. The predicted molar refractivity (Wildman–Crippen MR) is 75.1 cm³/mol. The van der Waals surface area contributed by atoms with Gasteiger partial charge in [-0.25, -0.2) is 0 Å². The van der Waals surface area contributed by atoms with Crippen molar-refractivity contribution in [2.24, 2.45) is 0 Å². The molecule has 102 valence electrons. The smallest absolute Gasteiger partial charge is 0.222 e. The highest BCUT2D eigenvalue weighted by atomic mass is 35.5. The molecule has 0 aromatic rings. The largest absolute Gasteiger partial charge is 0.375 e. The number of halogens is 1. The summed E-state index contributed by atoms with van der Waals surface area (Å²) in [4.78, 5) is 11.6. The number of amides is 1. The van der Waals surface area contributed by atoms with Gasteiger partial charge in [-0.1, -0.05) is 0 Å². The molecule has 1 heterocycles. The van der Waals surface area contributed by atoms with Crippen LogP contribution < -0.4 is 10.6 Å². The van der Waals surface area contributed by atoms with Crippen molar-refractivity contribution in [3.8, 4) is 0 Å². The van der Waals surface area contributed by atoms with Gasteiger partial charge in [0.25, 0.3) is 0 Å². The minimum Gasteiger partial charge on any atom is -0.375 e. The van der Waals surface area contributed by atoms with E-state index in [1.54, 1.807) is 11.8 Å². The molecule has 1 unspecified atom stereocenters. The summed E-state index contributed by atoms with van der Waals surface area (Å²) in [7, 11) is 0. The number of morpholine rings is 1. The second kappa shape index (κ2) is 8.19. The van der Waals surface area contributed by atoms with Crippen molar-refractivity contribution in [1.29, 1.82) is 0 Å². The van der Waals surface area contributed by atoms with E-state index in [0.29, 0.717) is 19.6 Å². The van der Waals surface area contributed by atoms with E-state index in [4.69, 9.17) is 4.74 Å². The molecule has 0 aromatic heterocycles. The van der Waals surface area contributed by atoms with Gasteiger partial charge in [0.15, 0.2) is 0 Å². The number of hydrogen-bond donors (Lipinski definition) is 2. The van der Waals surface area contributed by atoms with E-state index in [2.05, 4.69) is 30.7 Å². The molecule has 0 saturated carbocycles. The molecule has 1 aliphatic rings. The molecule has 2 N–H and O–H groups in total. The number of carbonyl (C=O) groups excluding carboxylic acids is 1. The molecule has 6 heteroatoms. The summed E-state index contributed by atoms with van der Waals surface area (Å²) in [5.74, 6) is 0.0795. The van der Waals surface area contributed by atoms with Gasteiger partial charge in [-0.05, 0) is 20.1 Å². The van der Waals surface area contributed by atoms with E-state index < -0.39 is 0 Å². The van der Waals surface area contributed by atoms with Crippen molar-refractivity contribution >= 4 is 30.1 Å². The molecule has 0 aromatic carbocycles. The van der Waals surface area contributed by atoms with Crippen LogP contribution in [-0.4, -0.2) is 49.3 Å². The van der Waals surface area contributed by atoms with Crippen molar-refractivity contribution in [2.45, 2.75) is 31.1 Å². The lowest BCUT2D eigenvalue weighted by atomic mass is 10.2. The molecule has 1 saturated heterocycles. The topological polar surface area (TPSA) is 50.4 Å². The van der Waals surface area contributed by atoms with Crippen molar-refractivity contribution in [3.05, 3.63) is 0 Å². The second-order valence-electron chi connectivity index (χ2n) is 4.64. The minimum atomic E-state index is 0. The molecule has 1 amide bonds. The van der Waals surface area contributed by atoms with Gasteiger partial charge in [0.1, 0.15) is 0 Å².